The molecule has 4 rings (SSSR count). The van der Waals surface area contributed by atoms with Gasteiger partial charge in [-0.25, -0.2) is 0 Å². The first-order valence-corrected chi connectivity index (χ1v) is 10.6. The highest BCUT2D eigenvalue weighted by atomic mass is 32.1. The lowest BCUT2D eigenvalue weighted by Gasteiger charge is -2.46. The quantitative estimate of drug-likeness (QED) is 0.710. The van der Waals surface area contributed by atoms with Gasteiger partial charge in [-0.2, -0.15) is 0 Å². The normalized spacial score (nSPS) is 27.0. The standard InChI is InChI=1S/C23H29N3S/c1-17-10-12-18(13-11-17)16-26-21-8-5-9-22(26)15-20(14-21)25-23(27)24-19-6-3-2-4-7-19/h2-4,6-7,10-13,20-22H,5,8-9,14-16H2,1H3,(H2,24,25,27)/p+1/t20?,21-,22+. The summed E-state index contributed by atoms with van der Waals surface area (Å²) in [5, 5.41) is 7.68. The van der Waals surface area contributed by atoms with Crippen LogP contribution in [0.5, 0.6) is 0 Å². The molecule has 2 fully saturated rings. The number of hydrogen-bond acceptors (Lipinski definition) is 1. The summed E-state index contributed by atoms with van der Waals surface area (Å²) in [4.78, 5) is 1.80. The van der Waals surface area contributed by atoms with E-state index in [0.717, 1.165) is 29.4 Å². The Morgan fingerprint density at radius 1 is 1.00 bits per heavy atom. The summed E-state index contributed by atoms with van der Waals surface area (Å²) in [5.74, 6) is 0. The fraction of sp³-hybridized carbons (Fsp3) is 0.435. The van der Waals surface area contributed by atoms with Crippen molar-refractivity contribution in [2.24, 2.45) is 0 Å². The van der Waals surface area contributed by atoms with E-state index in [1.807, 2.05) is 18.2 Å². The fourth-order valence-corrected chi connectivity index (χ4v) is 5.14. The van der Waals surface area contributed by atoms with E-state index in [9.17, 15) is 0 Å². The van der Waals surface area contributed by atoms with Crippen molar-refractivity contribution in [1.29, 1.82) is 0 Å². The van der Waals surface area contributed by atoms with E-state index >= 15 is 0 Å². The Labute approximate surface area is 168 Å². The number of fused-ring (bicyclic) bond motifs is 2. The molecular formula is C23H30N3S+. The van der Waals surface area contributed by atoms with Crippen LogP contribution in [0.25, 0.3) is 0 Å². The smallest absolute Gasteiger partial charge is 0.171 e. The van der Waals surface area contributed by atoms with E-state index in [-0.39, 0.29) is 0 Å². The monoisotopic (exact) mass is 380 g/mol. The number of benzene rings is 2. The molecule has 142 valence electrons. The minimum Gasteiger partial charge on any atom is -0.359 e. The lowest BCUT2D eigenvalue weighted by molar-refractivity contribution is -0.973. The third-order valence-corrected chi connectivity index (χ3v) is 6.41. The Morgan fingerprint density at radius 2 is 1.67 bits per heavy atom. The zero-order valence-corrected chi connectivity index (χ0v) is 16.9. The van der Waals surface area contributed by atoms with Gasteiger partial charge in [-0.15, -0.1) is 0 Å². The number of quaternary nitrogens is 1. The van der Waals surface area contributed by atoms with Gasteiger partial charge >= 0.3 is 0 Å². The molecule has 2 aromatic rings. The third-order valence-electron chi connectivity index (χ3n) is 6.19. The van der Waals surface area contributed by atoms with E-state index in [1.165, 1.54) is 43.2 Å². The van der Waals surface area contributed by atoms with Gasteiger partial charge in [0.05, 0.1) is 12.1 Å². The van der Waals surface area contributed by atoms with Crippen molar-refractivity contribution in [3.63, 3.8) is 0 Å². The molecule has 0 spiro atoms. The summed E-state index contributed by atoms with van der Waals surface area (Å²) >= 11 is 5.57. The van der Waals surface area contributed by atoms with Crippen molar-refractivity contribution < 1.29 is 4.90 Å². The number of hydrogen-bond donors (Lipinski definition) is 3. The number of thiocarbonyl (C=S) groups is 1. The van der Waals surface area contributed by atoms with Gasteiger partial charge in [0.2, 0.25) is 0 Å². The third kappa shape index (κ3) is 4.69. The molecule has 2 aliphatic rings. The van der Waals surface area contributed by atoms with E-state index < -0.39 is 0 Å². The van der Waals surface area contributed by atoms with Crippen LogP contribution in [0.15, 0.2) is 54.6 Å². The zero-order chi connectivity index (χ0) is 18.6. The molecule has 2 heterocycles. The highest BCUT2D eigenvalue weighted by Gasteiger charge is 2.41. The molecule has 0 amide bonds. The lowest BCUT2D eigenvalue weighted by Crippen LogP contribution is -3.20. The van der Waals surface area contributed by atoms with Gasteiger partial charge in [0.25, 0.3) is 0 Å². The summed E-state index contributed by atoms with van der Waals surface area (Å²) in [7, 11) is 0. The molecule has 0 aliphatic carbocycles. The van der Waals surface area contributed by atoms with Crippen molar-refractivity contribution in [1.82, 2.24) is 5.32 Å². The number of aryl methyl sites for hydroxylation is 1. The van der Waals surface area contributed by atoms with Gasteiger partial charge in [-0.1, -0.05) is 48.0 Å². The van der Waals surface area contributed by atoms with E-state index in [4.69, 9.17) is 12.2 Å². The predicted octanol–water partition coefficient (Wildman–Crippen LogP) is 3.45. The van der Waals surface area contributed by atoms with Gasteiger partial charge in [0, 0.05) is 30.1 Å². The molecule has 4 atom stereocenters. The lowest BCUT2D eigenvalue weighted by atomic mass is 9.81. The van der Waals surface area contributed by atoms with Gasteiger partial charge in [-0.3, -0.25) is 0 Å². The Bertz CT molecular complexity index is 745. The van der Waals surface area contributed by atoms with Crippen LogP contribution in [-0.2, 0) is 6.54 Å². The molecule has 2 aromatic carbocycles. The van der Waals surface area contributed by atoms with E-state index in [2.05, 4.69) is 54.0 Å². The fourth-order valence-electron chi connectivity index (χ4n) is 4.86. The number of rotatable bonds is 4. The highest BCUT2D eigenvalue weighted by Crippen LogP contribution is 2.23. The number of para-hydroxylation sites is 1. The second-order valence-corrected chi connectivity index (χ2v) is 8.60. The second-order valence-electron chi connectivity index (χ2n) is 8.19. The summed E-state index contributed by atoms with van der Waals surface area (Å²) in [6.07, 6.45) is 6.50. The summed E-state index contributed by atoms with van der Waals surface area (Å²) in [5.41, 5.74) is 3.87. The predicted molar refractivity (Wildman–Crippen MR) is 116 cm³/mol. The largest absolute Gasteiger partial charge is 0.359 e. The number of nitrogens with one attached hydrogen (secondary N) is 3. The summed E-state index contributed by atoms with van der Waals surface area (Å²) < 4.78 is 0. The molecule has 2 bridgehead atoms. The Kier molecular flexibility index (Phi) is 5.74. The van der Waals surface area contributed by atoms with Crippen LogP contribution in [-0.4, -0.2) is 23.2 Å². The van der Waals surface area contributed by atoms with Crippen LogP contribution in [0.4, 0.5) is 5.69 Å². The first kappa shape index (κ1) is 18.5. The minimum atomic E-state index is 0.491. The number of piperidine rings is 2. The molecule has 0 aromatic heterocycles. The van der Waals surface area contributed by atoms with Gasteiger partial charge in [0.15, 0.2) is 5.11 Å². The number of anilines is 1. The van der Waals surface area contributed by atoms with Crippen molar-refractivity contribution in [2.75, 3.05) is 5.32 Å². The molecule has 3 N–H and O–H groups in total. The summed E-state index contributed by atoms with van der Waals surface area (Å²) in [6.45, 7) is 3.32. The molecule has 0 saturated carbocycles. The maximum atomic E-state index is 5.57. The molecule has 2 aliphatic heterocycles. The van der Waals surface area contributed by atoms with E-state index in [0.29, 0.717) is 6.04 Å². The van der Waals surface area contributed by atoms with Crippen LogP contribution in [0.3, 0.4) is 0 Å². The summed E-state index contributed by atoms with van der Waals surface area (Å²) in [6, 6.07) is 21.3. The zero-order valence-electron chi connectivity index (χ0n) is 16.1. The topological polar surface area (TPSA) is 28.5 Å². The molecule has 0 radical (unpaired) electrons. The van der Waals surface area contributed by atoms with Crippen molar-refractivity contribution in [3.05, 3.63) is 65.7 Å². The molecule has 4 heteroatoms. The first-order valence-electron chi connectivity index (χ1n) is 10.2. The van der Waals surface area contributed by atoms with E-state index in [1.54, 1.807) is 4.90 Å². The van der Waals surface area contributed by atoms with Gasteiger partial charge in [-0.05, 0) is 50.5 Å². The molecular weight excluding hydrogens is 350 g/mol. The maximum absolute atomic E-state index is 5.57. The molecule has 2 unspecified atom stereocenters. The Morgan fingerprint density at radius 3 is 2.33 bits per heavy atom. The van der Waals surface area contributed by atoms with Gasteiger partial charge < -0.3 is 15.5 Å². The highest BCUT2D eigenvalue weighted by molar-refractivity contribution is 7.80. The Balaban J connectivity index is 1.36. The van der Waals surface area contributed by atoms with Crippen molar-refractivity contribution in [3.8, 4) is 0 Å². The average molecular weight is 381 g/mol. The molecule has 3 nitrogen and oxygen atoms in total. The van der Waals surface area contributed by atoms with Crippen LogP contribution in [0.2, 0.25) is 0 Å². The Hall–Kier alpha value is -1.91. The molecule has 27 heavy (non-hydrogen) atoms. The maximum Gasteiger partial charge on any atom is 0.171 e. The molecule has 2 saturated heterocycles. The van der Waals surface area contributed by atoms with Crippen LogP contribution in [0.1, 0.15) is 43.2 Å². The van der Waals surface area contributed by atoms with Crippen LogP contribution >= 0.6 is 12.2 Å². The average Bonchev–Trinajstić information content (AvgIpc) is 2.65. The van der Waals surface area contributed by atoms with Crippen LogP contribution in [0, 0.1) is 6.92 Å². The van der Waals surface area contributed by atoms with Crippen molar-refractivity contribution >= 4 is 23.0 Å². The minimum absolute atomic E-state index is 0.491. The van der Waals surface area contributed by atoms with Gasteiger partial charge in [0.1, 0.15) is 6.54 Å². The van der Waals surface area contributed by atoms with Crippen LogP contribution < -0.4 is 15.5 Å². The first-order chi connectivity index (χ1) is 13.2. The second kappa shape index (κ2) is 8.41. The SMILES string of the molecule is Cc1ccc(C[NH+]2[C@@H]3CCC[C@H]2CC(NC(=S)Nc2ccccc2)C3)cc1. The van der Waals surface area contributed by atoms with Crippen molar-refractivity contribution in [2.45, 2.75) is 63.7 Å².